The van der Waals surface area contributed by atoms with Gasteiger partial charge in [0.05, 0.1) is 5.56 Å². The second-order valence-corrected chi connectivity index (χ2v) is 7.11. The van der Waals surface area contributed by atoms with E-state index in [9.17, 15) is 4.79 Å². The highest BCUT2D eigenvalue weighted by Gasteiger charge is 2.40. The van der Waals surface area contributed by atoms with Crippen molar-refractivity contribution in [2.45, 2.75) is 43.9 Å². The van der Waals surface area contributed by atoms with E-state index in [1.54, 1.807) is 11.3 Å². The van der Waals surface area contributed by atoms with Gasteiger partial charge < -0.3 is 9.64 Å². The van der Waals surface area contributed by atoms with Gasteiger partial charge in [0, 0.05) is 29.6 Å². The Hall–Kier alpha value is -1.39. The summed E-state index contributed by atoms with van der Waals surface area (Å²) in [6.45, 7) is 0. The van der Waals surface area contributed by atoms with Crippen molar-refractivity contribution in [3.8, 4) is 0 Å². The van der Waals surface area contributed by atoms with E-state index >= 15 is 0 Å². The van der Waals surface area contributed by atoms with Crippen LogP contribution in [-0.4, -0.2) is 36.1 Å². The van der Waals surface area contributed by atoms with Crippen LogP contribution in [0.2, 0.25) is 0 Å². The minimum Gasteiger partial charge on any atom is -0.459 e. The Morgan fingerprint density at radius 2 is 2.00 bits per heavy atom. The molecular formula is C17H19NO2S. The molecule has 1 aromatic heterocycles. The lowest BCUT2D eigenvalue weighted by atomic mass is 10.0. The number of rotatable bonds is 2. The molecule has 0 spiro atoms. The van der Waals surface area contributed by atoms with Crippen molar-refractivity contribution < 1.29 is 9.53 Å². The summed E-state index contributed by atoms with van der Waals surface area (Å²) in [7, 11) is 2.20. The van der Waals surface area contributed by atoms with Gasteiger partial charge in [-0.15, -0.1) is 11.3 Å². The summed E-state index contributed by atoms with van der Waals surface area (Å²) in [6, 6.07) is 9.10. The first-order valence-corrected chi connectivity index (χ1v) is 8.49. The first-order valence-electron chi connectivity index (χ1n) is 7.61. The minimum atomic E-state index is -0.156. The lowest BCUT2D eigenvalue weighted by Gasteiger charge is -2.35. The molecule has 3 nitrogen and oxygen atoms in total. The molecule has 0 aliphatic carbocycles. The van der Waals surface area contributed by atoms with Gasteiger partial charge in [-0.1, -0.05) is 12.1 Å². The Morgan fingerprint density at radius 1 is 1.24 bits per heavy atom. The highest BCUT2D eigenvalue weighted by atomic mass is 32.1. The van der Waals surface area contributed by atoms with Crippen LogP contribution in [0.5, 0.6) is 0 Å². The molecular weight excluding hydrogens is 282 g/mol. The topological polar surface area (TPSA) is 29.5 Å². The lowest BCUT2D eigenvalue weighted by Crippen LogP contribution is -2.43. The average molecular weight is 301 g/mol. The van der Waals surface area contributed by atoms with E-state index in [4.69, 9.17) is 4.74 Å². The van der Waals surface area contributed by atoms with Gasteiger partial charge in [-0.2, -0.15) is 0 Å². The molecule has 4 heteroatoms. The van der Waals surface area contributed by atoms with Crippen molar-refractivity contribution in [1.29, 1.82) is 0 Å². The molecule has 2 fully saturated rings. The molecule has 3 heterocycles. The Bertz CT molecular complexity index is 666. The molecule has 2 aliphatic heterocycles. The molecule has 0 radical (unpaired) electrons. The van der Waals surface area contributed by atoms with Gasteiger partial charge in [0.25, 0.3) is 0 Å². The number of hydrogen-bond donors (Lipinski definition) is 0. The third-order valence-electron chi connectivity index (χ3n) is 5.03. The van der Waals surface area contributed by atoms with Crippen molar-refractivity contribution in [3.05, 3.63) is 35.2 Å². The summed E-state index contributed by atoms with van der Waals surface area (Å²) in [5.41, 5.74) is 0.716. The third-order valence-corrected chi connectivity index (χ3v) is 5.99. The molecule has 3 atom stereocenters. The summed E-state index contributed by atoms with van der Waals surface area (Å²) < 4.78 is 6.87. The van der Waals surface area contributed by atoms with Crippen molar-refractivity contribution in [3.63, 3.8) is 0 Å². The standard InChI is InChI=1S/C17H19NO2S/c1-18-12-5-6-13(18)10-14(9-12)20-17(19)15-4-2-3-11-7-8-21-16(11)15/h2-4,7-8,12-14H,5-6,9-10H2,1H3/t12-,13+,14?. The van der Waals surface area contributed by atoms with E-state index < -0.39 is 0 Å². The zero-order chi connectivity index (χ0) is 14.4. The molecule has 2 aliphatic rings. The Labute approximate surface area is 128 Å². The predicted molar refractivity (Wildman–Crippen MR) is 84.8 cm³/mol. The summed E-state index contributed by atoms with van der Waals surface area (Å²) in [5.74, 6) is -0.156. The first kappa shape index (κ1) is 13.3. The minimum absolute atomic E-state index is 0.0846. The summed E-state index contributed by atoms with van der Waals surface area (Å²) in [5, 5.41) is 3.15. The quantitative estimate of drug-likeness (QED) is 0.792. The monoisotopic (exact) mass is 301 g/mol. The zero-order valence-corrected chi connectivity index (χ0v) is 12.9. The second kappa shape index (κ2) is 5.11. The molecule has 2 aromatic rings. The van der Waals surface area contributed by atoms with Gasteiger partial charge in [-0.05, 0) is 42.8 Å². The predicted octanol–water partition coefficient (Wildman–Crippen LogP) is 3.68. The molecule has 2 bridgehead atoms. The fraction of sp³-hybridized carbons (Fsp3) is 0.471. The number of hydrogen-bond acceptors (Lipinski definition) is 4. The molecule has 0 amide bonds. The molecule has 110 valence electrons. The van der Waals surface area contributed by atoms with Crippen LogP contribution in [0.15, 0.2) is 29.6 Å². The van der Waals surface area contributed by atoms with Crippen LogP contribution in [0.1, 0.15) is 36.0 Å². The normalized spacial score (nSPS) is 28.9. The van der Waals surface area contributed by atoms with Gasteiger partial charge in [0.2, 0.25) is 0 Å². The maximum Gasteiger partial charge on any atom is 0.339 e. The van der Waals surface area contributed by atoms with E-state index in [1.807, 2.05) is 29.6 Å². The van der Waals surface area contributed by atoms with Crippen LogP contribution in [-0.2, 0) is 4.74 Å². The smallest absolute Gasteiger partial charge is 0.339 e. The number of esters is 1. The van der Waals surface area contributed by atoms with Gasteiger partial charge in [-0.25, -0.2) is 4.79 Å². The summed E-state index contributed by atoms with van der Waals surface area (Å²) in [4.78, 5) is 15.0. The number of ether oxygens (including phenoxy) is 1. The molecule has 4 rings (SSSR count). The van der Waals surface area contributed by atoms with Crippen LogP contribution in [0.3, 0.4) is 0 Å². The molecule has 2 saturated heterocycles. The largest absolute Gasteiger partial charge is 0.459 e. The van der Waals surface area contributed by atoms with Gasteiger partial charge in [0.1, 0.15) is 6.10 Å². The maximum absolute atomic E-state index is 12.5. The summed E-state index contributed by atoms with van der Waals surface area (Å²) in [6.07, 6.45) is 4.55. The van der Waals surface area contributed by atoms with Crippen molar-refractivity contribution in [1.82, 2.24) is 4.90 Å². The van der Waals surface area contributed by atoms with E-state index in [2.05, 4.69) is 11.9 Å². The van der Waals surface area contributed by atoms with E-state index in [1.165, 1.54) is 12.8 Å². The van der Waals surface area contributed by atoms with Crippen molar-refractivity contribution in [2.24, 2.45) is 0 Å². The molecule has 21 heavy (non-hydrogen) atoms. The van der Waals surface area contributed by atoms with Crippen LogP contribution < -0.4 is 0 Å². The second-order valence-electron chi connectivity index (χ2n) is 6.19. The van der Waals surface area contributed by atoms with E-state index in [0.29, 0.717) is 17.6 Å². The molecule has 1 unspecified atom stereocenters. The van der Waals surface area contributed by atoms with Crippen LogP contribution in [0.25, 0.3) is 10.1 Å². The van der Waals surface area contributed by atoms with E-state index in [0.717, 1.165) is 22.9 Å². The van der Waals surface area contributed by atoms with Crippen LogP contribution in [0, 0.1) is 0 Å². The van der Waals surface area contributed by atoms with Crippen LogP contribution >= 0.6 is 11.3 Å². The van der Waals surface area contributed by atoms with E-state index in [-0.39, 0.29) is 12.1 Å². The summed E-state index contributed by atoms with van der Waals surface area (Å²) >= 11 is 1.61. The van der Waals surface area contributed by atoms with Gasteiger partial charge >= 0.3 is 5.97 Å². The first-order chi connectivity index (χ1) is 10.2. The fourth-order valence-corrected chi connectivity index (χ4v) is 4.73. The average Bonchev–Trinajstić information content (AvgIpc) is 3.01. The Morgan fingerprint density at radius 3 is 2.76 bits per heavy atom. The lowest BCUT2D eigenvalue weighted by molar-refractivity contribution is -0.000245. The maximum atomic E-state index is 12.5. The SMILES string of the molecule is CN1[C@@H]2CC[C@H]1CC(OC(=O)c1cccc3ccsc13)C2. The molecule has 0 N–H and O–H groups in total. The highest BCUT2D eigenvalue weighted by molar-refractivity contribution is 7.17. The number of piperidine rings is 1. The van der Waals surface area contributed by atoms with Gasteiger partial charge in [-0.3, -0.25) is 0 Å². The number of carbonyl (C=O) groups excluding carboxylic acids is 1. The fourth-order valence-electron chi connectivity index (χ4n) is 3.83. The highest BCUT2D eigenvalue weighted by Crippen LogP contribution is 2.36. The number of carbonyl (C=O) groups is 1. The molecule has 1 aromatic carbocycles. The Balaban J connectivity index is 1.53. The Kier molecular flexibility index (Phi) is 3.23. The van der Waals surface area contributed by atoms with Crippen molar-refractivity contribution in [2.75, 3.05) is 7.05 Å². The number of fused-ring (bicyclic) bond motifs is 3. The number of nitrogens with zero attached hydrogens (tertiary/aromatic N) is 1. The molecule has 0 saturated carbocycles. The van der Waals surface area contributed by atoms with Crippen LogP contribution in [0.4, 0.5) is 0 Å². The number of thiophene rings is 1. The third kappa shape index (κ3) is 2.27. The van der Waals surface area contributed by atoms with Crippen molar-refractivity contribution >= 4 is 27.4 Å². The zero-order valence-electron chi connectivity index (χ0n) is 12.1. The van der Waals surface area contributed by atoms with Gasteiger partial charge in [0.15, 0.2) is 0 Å². The number of benzene rings is 1.